The molecule has 3 rings (SSSR count). The van der Waals surface area contributed by atoms with E-state index in [1.54, 1.807) is 6.92 Å². The van der Waals surface area contributed by atoms with Gasteiger partial charge in [0.25, 0.3) is 0 Å². The van der Waals surface area contributed by atoms with Gasteiger partial charge in [-0.15, -0.1) is 0 Å². The minimum Gasteiger partial charge on any atom is -0.462 e. The Morgan fingerprint density at radius 3 is 2.50 bits per heavy atom. The van der Waals surface area contributed by atoms with Crippen molar-refractivity contribution in [2.24, 2.45) is 5.92 Å². The number of carbonyl (C=O) groups is 1. The Bertz CT molecular complexity index is 964. The maximum atomic E-state index is 12.6. The van der Waals surface area contributed by atoms with Gasteiger partial charge < -0.3 is 15.0 Å². The Labute approximate surface area is 166 Å². The van der Waals surface area contributed by atoms with Crippen molar-refractivity contribution < 1.29 is 9.53 Å². The number of nitrogens with zero attached hydrogens (tertiary/aromatic N) is 3. The summed E-state index contributed by atoms with van der Waals surface area (Å²) in [6, 6.07) is 7.67. The van der Waals surface area contributed by atoms with Crippen LogP contribution < -0.4 is 5.73 Å². The van der Waals surface area contributed by atoms with Gasteiger partial charge in [-0.25, -0.2) is 14.8 Å². The Hall–Kier alpha value is -2.63. The Morgan fingerprint density at radius 1 is 1.14 bits per heavy atom. The van der Waals surface area contributed by atoms with Crippen LogP contribution in [-0.4, -0.2) is 27.1 Å². The maximum absolute atomic E-state index is 12.6. The fourth-order valence-corrected chi connectivity index (χ4v) is 3.67. The average molecular weight is 383 g/mol. The molecular formula is C22H30N4O2. The lowest BCUT2D eigenvalue weighted by molar-refractivity contribution is 0.0529. The fourth-order valence-electron chi connectivity index (χ4n) is 3.67. The van der Waals surface area contributed by atoms with Crippen molar-refractivity contribution in [3.8, 4) is 0 Å². The first-order valence-corrected chi connectivity index (χ1v) is 10.3. The van der Waals surface area contributed by atoms with Gasteiger partial charge in [-0.05, 0) is 31.4 Å². The molecule has 0 unspecified atom stereocenters. The first-order valence-electron chi connectivity index (χ1n) is 10.3. The number of nitrogens with two attached hydrogens (primary N) is 1. The lowest BCUT2D eigenvalue weighted by atomic mass is 9.98. The highest BCUT2D eigenvalue weighted by atomic mass is 16.5. The van der Waals surface area contributed by atoms with Crippen LogP contribution in [0.2, 0.25) is 0 Å². The minimum atomic E-state index is -0.438. The van der Waals surface area contributed by atoms with Crippen LogP contribution in [0.1, 0.15) is 63.2 Å². The molecule has 0 amide bonds. The number of esters is 1. The van der Waals surface area contributed by atoms with Crippen molar-refractivity contribution in [1.82, 2.24) is 14.5 Å². The number of hydrogen-bond donors (Lipinski definition) is 1. The van der Waals surface area contributed by atoms with Gasteiger partial charge in [0.15, 0.2) is 5.65 Å². The number of anilines is 1. The van der Waals surface area contributed by atoms with E-state index in [4.69, 9.17) is 20.4 Å². The summed E-state index contributed by atoms with van der Waals surface area (Å²) in [5.74, 6) is 0.442. The van der Waals surface area contributed by atoms with Gasteiger partial charge in [0, 0.05) is 6.54 Å². The lowest BCUT2D eigenvalue weighted by Gasteiger charge is -2.17. The second-order valence-corrected chi connectivity index (χ2v) is 7.25. The van der Waals surface area contributed by atoms with E-state index >= 15 is 0 Å². The number of carbonyl (C=O) groups excluding carboxylic acids is 1. The van der Waals surface area contributed by atoms with E-state index < -0.39 is 5.97 Å². The topological polar surface area (TPSA) is 83.0 Å². The molecule has 1 aromatic carbocycles. The van der Waals surface area contributed by atoms with Crippen LogP contribution in [0.25, 0.3) is 22.2 Å². The van der Waals surface area contributed by atoms with Crippen molar-refractivity contribution in [3.63, 3.8) is 0 Å². The third-order valence-corrected chi connectivity index (χ3v) is 5.31. The zero-order chi connectivity index (χ0) is 20.1. The number of benzene rings is 1. The quantitative estimate of drug-likeness (QED) is 0.418. The first-order chi connectivity index (χ1) is 13.6. The van der Waals surface area contributed by atoms with Crippen LogP contribution in [0.5, 0.6) is 0 Å². The smallest absolute Gasteiger partial charge is 0.344 e. The van der Waals surface area contributed by atoms with Gasteiger partial charge in [-0.1, -0.05) is 51.7 Å². The SMILES string of the molecule is CCCCC[C@@H](CC)Cn1c(N)c(C(=O)OCC)c2nc3ccccc3nc21. The van der Waals surface area contributed by atoms with Crippen molar-refractivity contribution in [2.75, 3.05) is 12.3 Å². The molecular weight excluding hydrogens is 352 g/mol. The number of unbranched alkanes of at least 4 members (excludes halogenated alkanes) is 2. The average Bonchev–Trinajstić information content (AvgIpc) is 2.96. The molecule has 28 heavy (non-hydrogen) atoms. The zero-order valence-corrected chi connectivity index (χ0v) is 17.1. The first kappa shape index (κ1) is 20.1. The Balaban J connectivity index is 2.10. The highest BCUT2D eigenvalue weighted by molar-refractivity contribution is 6.08. The number of aromatic nitrogens is 3. The van der Waals surface area contributed by atoms with E-state index in [1.807, 2.05) is 28.8 Å². The van der Waals surface area contributed by atoms with E-state index in [-0.39, 0.29) is 0 Å². The van der Waals surface area contributed by atoms with E-state index in [0.29, 0.717) is 35.1 Å². The van der Waals surface area contributed by atoms with Gasteiger partial charge in [-0.3, -0.25) is 0 Å². The molecule has 150 valence electrons. The van der Waals surface area contributed by atoms with Crippen LogP contribution in [0, 0.1) is 5.92 Å². The molecule has 2 aromatic heterocycles. The molecule has 3 aromatic rings. The predicted molar refractivity (Wildman–Crippen MR) is 113 cm³/mol. The van der Waals surface area contributed by atoms with Gasteiger partial charge in [0.2, 0.25) is 0 Å². The molecule has 6 nitrogen and oxygen atoms in total. The monoisotopic (exact) mass is 382 g/mol. The van der Waals surface area contributed by atoms with E-state index in [1.165, 1.54) is 19.3 Å². The van der Waals surface area contributed by atoms with Crippen molar-refractivity contribution in [1.29, 1.82) is 0 Å². The Kier molecular flexibility index (Phi) is 6.49. The van der Waals surface area contributed by atoms with Gasteiger partial charge in [-0.2, -0.15) is 0 Å². The summed E-state index contributed by atoms with van der Waals surface area (Å²) in [4.78, 5) is 22.1. The second kappa shape index (κ2) is 9.04. The van der Waals surface area contributed by atoms with Gasteiger partial charge >= 0.3 is 5.97 Å². The van der Waals surface area contributed by atoms with E-state index in [0.717, 1.165) is 30.4 Å². The van der Waals surface area contributed by atoms with Crippen molar-refractivity contribution in [3.05, 3.63) is 29.8 Å². The normalized spacial score (nSPS) is 12.5. The summed E-state index contributed by atoms with van der Waals surface area (Å²) in [5, 5.41) is 0. The summed E-state index contributed by atoms with van der Waals surface area (Å²) in [6.45, 7) is 7.22. The molecule has 2 heterocycles. The van der Waals surface area contributed by atoms with Crippen LogP contribution in [-0.2, 0) is 11.3 Å². The molecule has 0 fully saturated rings. The maximum Gasteiger partial charge on any atom is 0.344 e. The van der Waals surface area contributed by atoms with Crippen molar-refractivity contribution in [2.45, 2.75) is 59.4 Å². The predicted octanol–water partition coefficient (Wildman–Crippen LogP) is 4.95. The number of para-hydroxylation sites is 2. The molecule has 1 atom stereocenters. The number of nitrogen functional groups attached to an aromatic ring is 1. The molecule has 0 saturated heterocycles. The third kappa shape index (κ3) is 3.96. The molecule has 0 aliphatic rings. The number of hydrogen-bond acceptors (Lipinski definition) is 5. The molecule has 0 radical (unpaired) electrons. The molecule has 6 heteroatoms. The van der Waals surface area contributed by atoms with E-state index in [2.05, 4.69) is 13.8 Å². The second-order valence-electron chi connectivity index (χ2n) is 7.25. The number of fused-ring (bicyclic) bond motifs is 2. The van der Waals surface area contributed by atoms with Gasteiger partial charge in [0.1, 0.15) is 16.9 Å². The summed E-state index contributed by atoms with van der Waals surface area (Å²) in [5.41, 5.74) is 9.51. The van der Waals surface area contributed by atoms with Crippen molar-refractivity contribution >= 4 is 34.0 Å². The highest BCUT2D eigenvalue weighted by Crippen LogP contribution is 2.30. The standard InChI is InChI=1S/C22H30N4O2/c1-4-7-8-11-15(5-2)14-26-20(23)18(22(27)28-6-3)19-21(26)25-17-13-10-9-12-16(17)24-19/h9-10,12-13,15H,4-8,11,14,23H2,1-3H3/t15-/m1/s1. The van der Waals surface area contributed by atoms with Crippen LogP contribution in [0.3, 0.4) is 0 Å². The van der Waals surface area contributed by atoms with Gasteiger partial charge in [0.05, 0.1) is 17.6 Å². The fraction of sp³-hybridized carbons (Fsp3) is 0.500. The van der Waals surface area contributed by atoms with Crippen LogP contribution in [0.15, 0.2) is 24.3 Å². The Morgan fingerprint density at radius 2 is 1.86 bits per heavy atom. The minimum absolute atomic E-state index is 0.292. The zero-order valence-electron chi connectivity index (χ0n) is 17.1. The highest BCUT2D eigenvalue weighted by Gasteiger charge is 2.26. The molecule has 2 N–H and O–H groups in total. The number of rotatable bonds is 9. The molecule has 0 aliphatic carbocycles. The summed E-state index contributed by atoms with van der Waals surface area (Å²) < 4.78 is 7.21. The van der Waals surface area contributed by atoms with Crippen LogP contribution >= 0.6 is 0 Å². The molecule has 0 spiro atoms. The largest absolute Gasteiger partial charge is 0.462 e. The lowest BCUT2D eigenvalue weighted by Crippen LogP contribution is -2.14. The molecule has 0 saturated carbocycles. The summed E-state index contributed by atoms with van der Waals surface area (Å²) >= 11 is 0. The summed E-state index contributed by atoms with van der Waals surface area (Å²) in [6.07, 6.45) is 5.83. The van der Waals surface area contributed by atoms with E-state index in [9.17, 15) is 4.79 Å². The number of ether oxygens (including phenoxy) is 1. The molecule has 0 bridgehead atoms. The van der Waals surface area contributed by atoms with Crippen LogP contribution in [0.4, 0.5) is 5.82 Å². The summed E-state index contributed by atoms with van der Waals surface area (Å²) in [7, 11) is 0. The molecule has 0 aliphatic heterocycles. The third-order valence-electron chi connectivity index (χ3n) is 5.31.